The fraction of sp³-hybridized carbons (Fsp3) is 0.273. The van der Waals surface area contributed by atoms with E-state index < -0.39 is 22.1 Å². The van der Waals surface area contributed by atoms with Gasteiger partial charge in [0.2, 0.25) is 0 Å². The topological polar surface area (TPSA) is 72.0 Å². The van der Waals surface area contributed by atoms with Crippen LogP contribution in [0.25, 0.3) is 10.5 Å². The Labute approximate surface area is 247 Å². The maximum Gasteiger partial charge on any atom is 2.00 e. The summed E-state index contributed by atoms with van der Waals surface area (Å²) in [6.45, 7) is 15.2. The van der Waals surface area contributed by atoms with Crippen molar-refractivity contribution in [1.82, 2.24) is 0 Å². The monoisotopic (exact) mass is 628 g/mol. The van der Waals surface area contributed by atoms with Crippen molar-refractivity contribution in [1.29, 1.82) is 0 Å². The molecule has 0 bridgehead atoms. The third kappa shape index (κ3) is 7.96. The molecule has 0 fully saturated rings. The normalized spacial score (nSPS) is 12.5. The fourth-order valence-electron chi connectivity index (χ4n) is 4.42. The molecule has 0 saturated heterocycles. The summed E-state index contributed by atoms with van der Waals surface area (Å²) in [5.41, 5.74) is 19.8. The minimum atomic E-state index is -3.87. The van der Waals surface area contributed by atoms with Gasteiger partial charge in [-0.05, 0) is 94.0 Å². The Bertz CT molecular complexity index is 1370. The number of nitrogens with zero attached hydrogens (tertiary/aromatic N) is 1. The molecule has 0 saturated carbocycles. The summed E-state index contributed by atoms with van der Waals surface area (Å²) in [6.07, 6.45) is 0. The van der Waals surface area contributed by atoms with Gasteiger partial charge in [-0.25, -0.2) is 8.42 Å². The van der Waals surface area contributed by atoms with Crippen LogP contribution in [-0.4, -0.2) is 8.42 Å². The maximum atomic E-state index is 12.8. The van der Waals surface area contributed by atoms with Crippen LogP contribution in [0.5, 0.6) is 0 Å². The molecule has 0 aliphatic heterocycles. The smallest absolute Gasteiger partial charge is 0.672 e. The molecule has 1 N–H and O–H groups in total. The van der Waals surface area contributed by atoms with Crippen LogP contribution in [0.15, 0.2) is 89.8 Å². The number of rotatable bonds is 6. The predicted molar refractivity (Wildman–Crippen MR) is 159 cm³/mol. The van der Waals surface area contributed by atoms with E-state index in [1.807, 2.05) is 67.6 Å². The minimum absolute atomic E-state index is 0. The second kappa shape index (κ2) is 14.1. The molecule has 0 aliphatic carbocycles. The van der Waals surface area contributed by atoms with Crippen LogP contribution in [-0.2, 0) is 29.5 Å². The number of hydrogen-bond acceptors (Lipinski definition) is 2. The quantitative estimate of drug-likeness (QED) is 0.200. The van der Waals surface area contributed by atoms with E-state index in [1.165, 1.54) is 33.4 Å². The third-order valence-corrected chi connectivity index (χ3v) is 8.93. The van der Waals surface area contributed by atoms with E-state index in [1.54, 1.807) is 24.3 Å². The third-order valence-electron chi connectivity index (χ3n) is 7.56. The van der Waals surface area contributed by atoms with Crippen LogP contribution < -0.4 is 0 Å². The molecule has 0 aliphatic rings. The predicted octanol–water partition coefficient (Wildman–Crippen LogP) is 9.13. The first kappa shape index (κ1) is 32.6. The maximum absolute atomic E-state index is 12.8. The average Bonchev–Trinajstić information content (AvgIpc) is 2.94. The van der Waals surface area contributed by atoms with Gasteiger partial charge in [-0.15, -0.1) is 12.1 Å². The first-order valence-corrected chi connectivity index (χ1v) is 14.3. The van der Waals surface area contributed by atoms with Gasteiger partial charge in [0.25, 0.3) is 0 Å². The van der Waals surface area contributed by atoms with Gasteiger partial charge in [0, 0.05) is 4.90 Å². The van der Waals surface area contributed by atoms with E-state index >= 15 is 0 Å². The molecule has 0 amide bonds. The Morgan fingerprint density at radius 1 is 0.564 bits per heavy atom. The van der Waals surface area contributed by atoms with Crippen molar-refractivity contribution in [2.45, 2.75) is 65.4 Å². The molecular formula is C33H38N2O2RuS. The largest absolute Gasteiger partial charge is 2.00 e. The summed E-state index contributed by atoms with van der Waals surface area (Å²) < 4.78 is 29.8. The van der Waals surface area contributed by atoms with Crippen molar-refractivity contribution in [3.8, 4) is 0 Å². The van der Waals surface area contributed by atoms with Crippen LogP contribution in [0.3, 0.4) is 0 Å². The number of aryl methyl sites for hydroxylation is 1. The minimum Gasteiger partial charge on any atom is -0.672 e. The zero-order chi connectivity index (χ0) is 28.0. The van der Waals surface area contributed by atoms with Crippen molar-refractivity contribution in [2.24, 2.45) is 0 Å². The van der Waals surface area contributed by atoms with E-state index in [0.717, 1.165) is 11.1 Å². The van der Waals surface area contributed by atoms with Crippen LogP contribution in [0.2, 0.25) is 0 Å². The first-order chi connectivity index (χ1) is 17.9. The zero-order valence-electron chi connectivity index (χ0n) is 23.8. The van der Waals surface area contributed by atoms with Crippen molar-refractivity contribution in [3.05, 3.63) is 145 Å². The van der Waals surface area contributed by atoms with Crippen molar-refractivity contribution < 1.29 is 27.9 Å². The zero-order valence-corrected chi connectivity index (χ0v) is 26.3. The standard InChI is InChI=1S/C21H20N2O2S.C12H18.Ru/c1-16-12-14-19(15-13-16)26(24,25)23-21(18-10-6-3-7-11-18)20(22)17-8-4-2-5-9-17;1-7-8(2)10(4)12(6)11(5)9(7)3;/h2-15,20-22H,1H3;1-6H3;/q-2;;+2/t20-,21-;;/m1../s1. The van der Waals surface area contributed by atoms with E-state index in [0.29, 0.717) is 5.56 Å². The second-order valence-corrected chi connectivity index (χ2v) is 11.5. The molecule has 0 unspecified atom stereocenters. The molecule has 0 heterocycles. The summed E-state index contributed by atoms with van der Waals surface area (Å²) in [5, 5.41) is 0. The fourth-order valence-corrected chi connectivity index (χ4v) is 5.56. The second-order valence-electron chi connectivity index (χ2n) is 9.89. The van der Waals surface area contributed by atoms with Gasteiger partial charge < -0.3 is 10.5 Å². The Morgan fingerprint density at radius 3 is 1.31 bits per heavy atom. The van der Waals surface area contributed by atoms with Crippen LogP contribution >= 0.6 is 0 Å². The number of nitrogens with one attached hydrogen (secondary N) is 1. The molecule has 4 rings (SSSR count). The van der Waals surface area contributed by atoms with Gasteiger partial charge in [-0.1, -0.05) is 89.5 Å². The van der Waals surface area contributed by atoms with Gasteiger partial charge >= 0.3 is 19.5 Å². The molecule has 6 heteroatoms. The molecule has 0 radical (unpaired) electrons. The van der Waals surface area contributed by atoms with Gasteiger partial charge in [-0.3, -0.25) is 0 Å². The van der Waals surface area contributed by atoms with Gasteiger partial charge in [0.1, 0.15) is 10.0 Å². The summed E-state index contributed by atoms with van der Waals surface area (Å²) in [7, 11) is -3.87. The van der Waals surface area contributed by atoms with Crippen LogP contribution in [0.4, 0.5) is 0 Å². The number of sulfonamides is 1. The molecule has 4 aromatic carbocycles. The summed E-state index contributed by atoms with van der Waals surface area (Å²) in [6, 6.07) is 23.3. The summed E-state index contributed by atoms with van der Waals surface area (Å²) >= 11 is 0. The van der Waals surface area contributed by atoms with Gasteiger partial charge in [0.15, 0.2) is 0 Å². The molecule has 4 aromatic rings. The number of hydrogen-bond donors (Lipinski definition) is 0. The van der Waals surface area contributed by atoms with Crippen LogP contribution in [0, 0.1) is 48.5 Å². The van der Waals surface area contributed by atoms with Crippen molar-refractivity contribution >= 4 is 10.0 Å². The van der Waals surface area contributed by atoms with E-state index in [-0.39, 0.29) is 24.4 Å². The van der Waals surface area contributed by atoms with Gasteiger partial charge in [-0.2, -0.15) is 0 Å². The molecule has 2 atom stereocenters. The molecule has 206 valence electrons. The first-order valence-electron chi connectivity index (χ1n) is 12.8. The van der Waals surface area contributed by atoms with Crippen LogP contribution in [0.1, 0.15) is 62.2 Å². The van der Waals surface area contributed by atoms with Gasteiger partial charge in [0.05, 0.1) is 0 Å². The Morgan fingerprint density at radius 2 is 0.923 bits per heavy atom. The Balaban J connectivity index is 0.000000346. The SMILES string of the molecule is Cc1c(C)c(C)c(C)c(C)c1C.Cc1ccc(S(=O)(=O)[N-][C@H](c2ccccc2)[C@H]([NH-])c2ccccc2)cc1.[Ru+2]. The van der Waals surface area contributed by atoms with E-state index in [4.69, 9.17) is 5.73 Å². The summed E-state index contributed by atoms with van der Waals surface area (Å²) in [5.74, 6) is 0. The Hall–Kier alpha value is -2.63. The van der Waals surface area contributed by atoms with Crippen molar-refractivity contribution in [2.75, 3.05) is 0 Å². The average molecular weight is 628 g/mol. The van der Waals surface area contributed by atoms with E-state index in [9.17, 15) is 8.42 Å². The van der Waals surface area contributed by atoms with Crippen molar-refractivity contribution in [3.63, 3.8) is 0 Å². The Kier molecular flexibility index (Phi) is 11.8. The summed E-state index contributed by atoms with van der Waals surface area (Å²) in [4.78, 5) is 0.143. The molecular weight excluding hydrogens is 590 g/mol. The molecule has 39 heavy (non-hydrogen) atoms. The van der Waals surface area contributed by atoms with E-state index in [2.05, 4.69) is 46.3 Å². The number of benzene rings is 4. The molecule has 4 nitrogen and oxygen atoms in total. The molecule has 0 aromatic heterocycles. The molecule has 0 spiro atoms.